The average molecular weight is 223 g/mol. The highest BCUT2D eigenvalue weighted by atomic mass is 16.3. The molecule has 4 heteroatoms. The standard InChI is InChI=1S/C12H21N3O/c1-9-11(6-8-16)10(2)15(13-9)12-5-4-7-14(12)3/h12,16H,4-8H2,1-3H3. The second-order valence-corrected chi connectivity index (χ2v) is 4.67. The van der Waals surface area contributed by atoms with Crippen molar-refractivity contribution in [3.05, 3.63) is 17.0 Å². The SMILES string of the molecule is Cc1nn(C2CCCN2C)c(C)c1CCO. The van der Waals surface area contributed by atoms with Gasteiger partial charge in [0.25, 0.3) is 0 Å². The minimum absolute atomic E-state index is 0.202. The fourth-order valence-corrected chi connectivity index (χ4v) is 2.66. The molecule has 16 heavy (non-hydrogen) atoms. The van der Waals surface area contributed by atoms with Crippen LogP contribution in [0, 0.1) is 13.8 Å². The molecular weight excluding hydrogens is 202 g/mol. The van der Waals surface area contributed by atoms with Crippen LogP contribution in [0.25, 0.3) is 0 Å². The highest BCUT2D eigenvalue weighted by molar-refractivity contribution is 5.25. The summed E-state index contributed by atoms with van der Waals surface area (Å²) in [5.41, 5.74) is 3.49. The molecule has 1 N–H and O–H groups in total. The highest BCUT2D eigenvalue weighted by Crippen LogP contribution is 2.27. The Bertz CT molecular complexity index is 373. The summed E-state index contributed by atoms with van der Waals surface area (Å²) in [6.45, 7) is 5.49. The Labute approximate surface area is 96.9 Å². The van der Waals surface area contributed by atoms with Gasteiger partial charge in [-0.3, -0.25) is 9.58 Å². The average Bonchev–Trinajstić information content (AvgIpc) is 2.77. The Morgan fingerprint density at radius 2 is 2.19 bits per heavy atom. The lowest BCUT2D eigenvalue weighted by Crippen LogP contribution is -2.24. The molecule has 0 radical (unpaired) electrons. The van der Waals surface area contributed by atoms with Crippen molar-refractivity contribution < 1.29 is 5.11 Å². The van der Waals surface area contributed by atoms with Gasteiger partial charge >= 0.3 is 0 Å². The smallest absolute Gasteiger partial charge is 0.104 e. The molecule has 1 fully saturated rings. The lowest BCUT2D eigenvalue weighted by molar-refractivity contribution is 0.216. The molecule has 0 bridgehead atoms. The van der Waals surface area contributed by atoms with Gasteiger partial charge in [0.05, 0.1) is 5.69 Å². The minimum Gasteiger partial charge on any atom is -0.396 e. The number of hydrogen-bond donors (Lipinski definition) is 1. The van der Waals surface area contributed by atoms with Crippen molar-refractivity contribution >= 4 is 0 Å². The van der Waals surface area contributed by atoms with E-state index in [0.29, 0.717) is 12.6 Å². The van der Waals surface area contributed by atoms with Crippen LogP contribution in [0.5, 0.6) is 0 Å². The molecule has 0 spiro atoms. The number of rotatable bonds is 3. The quantitative estimate of drug-likeness (QED) is 0.838. The number of likely N-dealkylation sites (tertiary alicyclic amines) is 1. The number of aliphatic hydroxyl groups is 1. The first-order chi connectivity index (χ1) is 7.65. The molecule has 1 unspecified atom stereocenters. The van der Waals surface area contributed by atoms with E-state index in [1.165, 1.54) is 24.1 Å². The van der Waals surface area contributed by atoms with Gasteiger partial charge in [-0.25, -0.2) is 0 Å². The molecule has 2 heterocycles. The summed E-state index contributed by atoms with van der Waals surface area (Å²) >= 11 is 0. The number of nitrogens with zero attached hydrogens (tertiary/aromatic N) is 3. The van der Waals surface area contributed by atoms with Gasteiger partial charge < -0.3 is 5.11 Å². The molecule has 1 aliphatic rings. The van der Waals surface area contributed by atoms with E-state index in [2.05, 4.69) is 28.7 Å². The maximum absolute atomic E-state index is 9.05. The summed E-state index contributed by atoms with van der Waals surface area (Å²) in [6.07, 6.45) is 3.55. The number of aryl methyl sites for hydroxylation is 1. The maximum atomic E-state index is 9.05. The van der Waals surface area contributed by atoms with Crippen molar-refractivity contribution in [2.24, 2.45) is 0 Å². The highest BCUT2D eigenvalue weighted by Gasteiger charge is 2.25. The largest absolute Gasteiger partial charge is 0.396 e. The van der Waals surface area contributed by atoms with Crippen LogP contribution < -0.4 is 0 Å². The summed E-state index contributed by atoms with van der Waals surface area (Å²) in [6, 6.07) is 0. The lowest BCUT2D eigenvalue weighted by atomic mass is 10.1. The van der Waals surface area contributed by atoms with Crippen molar-refractivity contribution in [3.8, 4) is 0 Å². The lowest BCUT2D eigenvalue weighted by Gasteiger charge is -2.21. The third-order valence-electron chi connectivity index (χ3n) is 3.60. The van der Waals surface area contributed by atoms with E-state index in [4.69, 9.17) is 5.11 Å². The normalized spacial score (nSPS) is 21.9. The van der Waals surface area contributed by atoms with Gasteiger partial charge in [-0.1, -0.05) is 0 Å². The molecule has 1 atom stereocenters. The van der Waals surface area contributed by atoms with E-state index in [1.807, 2.05) is 6.92 Å². The third-order valence-corrected chi connectivity index (χ3v) is 3.60. The van der Waals surface area contributed by atoms with E-state index in [9.17, 15) is 0 Å². The minimum atomic E-state index is 0.202. The Morgan fingerprint density at radius 1 is 1.44 bits per heavy atom. The fraction of sp³-hybridized carbons (Fsp3) is 0.750. The van der Waals surface area contributed by atoms with Crippen LogP contribution in [0.1, 0.15) is 36.0 Å². The zero-order valence-electron chi connectivity index (χ0n) is 10.4. The Balaban J connectivity index is 2.31. The summed E-state index contributed by atoms with van der Waals surface area (Å²) in [4.78, 5) is 2.35. The van der Waals surface area contributed by atoms with Gasteiger partial charge in [0, 0.05) is 12.3 Å². The van der Waals surface area contributed by atoms with Crippen LogP contribution in [0.15, 0.2) is 0 Å². The summed E-state index contributed by atoms with van der Waals surface area (Å²) in [5.74, 6) is 0. The van der Waals surface area contributed by atoms with Gasteiger partial charge in [-0.15, -0.1) is 0 Å². The van der Waals surface area contributed by atoms with Gasteiger partial charge in [-0.2, -0.15) is 5.10 Å². The molecular formula is C12H21N3O. The van der Waals surface area contributed by atoms with Crippen molar-refractivity contribution in [2.45, 2.75) is 39.3 Å². The van der Waals surface area contributed by atoms with E-state index in [-0.39, 0.29) is 6.61 Å². The van der Waals surface area contributed by atoms with E-state index in [1.54, 1.807) is 0 Å². The Morgan fingerprint density at radius 3 is 2.75 bits per heavy atom. The predicted octanol–water partition coefficient (Wildman–Crippen LogP) is 1.26. The Hall–Kier alpha value is -0.870. The molecule has 1 aromatic heterocycles. The van der Waals surface area contributed by atoms with Crippen LogP contribution in [0.4, 0.5) is 0 Å². The Kier molecular flexibility index (Phi) is 3.30. The molecule has 0 aromatic carbocycles. The monoisotopic (exact) mass is 223 g/mol. The fourth-order valence-electron chi connectivity index (χ4n) is 2.66. The van der Waals surface area contributed by atoms with Crippen LogP contribution in [0.2, 0.25) is 0 Å². The predicted molar refractivity (Wildman–Crippen MR) is 63.4 cm³/mol. The van der Waals surface area contributed by atoms with Crippen molar-refractivity contribution in [3.63, 3.8) is 0 Å². The molecule has 1 aliphatic heterocycles. The second-order valence-electron chi connectivity index (χ2n) is 4.67. The molecule has 2 rings (SSSR count). The van der Waals surface area contributed by atoms with Gasteiger partial charge in [0.15, 0.2) is 0 Å². The third kappa shape index (κ3) is 1.87. The first-order valence-corrected chi connectivity index (χ1v) is 6.01. The molecule has 90 valence electrons. The molecule has 0 saturated carbocycles. The molecule has 1 saturated heterocycles. The van der Waals surface area contributed by atoms with Gasteiger partial charge in [0.2, 0.25) is 0 Å². The summed E-state index contributed by atoms with van der Waals surface area (Å²) in [7, 11) is 2.15. The van der Waals surface area contributed by atoms with Crippen LogP contribution >= 0.6 is 0 Å². The zero-order chi connectivity index (χ0) is 11.7. The summed E-state index contributed by atoms with van der Waals surface area (Å²) < 4.78 is 2.13. The van der Waals surface area contributed by atoms with Gasteiger partial charge in [0.1, 0.15) is 6.17 Å². The van der Waals surface area contributed by atoms with Crippen LogP contribution in [-0.2, 0) is 6.42 Å². The molecule has 1 aromatic rings. The number of hydrogen-bond acceptors (Lipinski definition) is 3. The van der Waals surface area contributed by atoms with Crippen molar-refractivity contribution in [2.75, 3.05) is 20.2 Å². The van der Waals surface area contributed by atoms with Gasteiger partial charge in [-0.05, 0) is 52.3 Å². The molecule has 4 nitrogen and oxygen atoms in total. The second kappa shape index (κ2) is 4.55. The first-order valence-electron chi connectivity index (χ1n) is 6.01. The molecule has 0 aliphatic carbocycles. The van der Waals surface area contributed by atoms with Crippen LogP contribution in [-0.4, -0.2) is 40.0 Å². The van der Waals surface area contributed by atoms with E-state index >= 15 is 0 Å². The number of aliphatic hydroxyl groups excluding tert-OH is 1. The first kappa shape index (κ1) is 11.6. The van der Waals surface area contributed by atoms with Crippen molar-refractivity contribution in [1.82, 2.24) is 14.7 Å². The van der Waals surface area contributed by atoms with Crippen LogP contribution in [0.3, 0.4) is 0 Å². The van der Waals surface area contributed by atoms with Crippen molar-refractivity contribution in [1.29, 1.82) is 0 Å². The topological polar surface area (TPSA) is 41.3 Å². The summed E-state index contributed by atoms with van der Waals surface area (Å²) in [5, 5.41) is 13.7. The maximum Gasteiger partial charge on any atom is 0.104 e. The number of aromatic nitrogens is 2. The van der Waals surface area contributed by atoms with E-state index in [0.717, 1.165) is 12.2 Å². The van der Waals surface area contributed by atoms with E-state index < -0.39 is 0 Å². The molecule has 0 amide bonds. The zero-order valence-corrected chi connectivity index (χ0v) is 10.4.